The number of pyridine rings is 1. The predicted octanol–water partition coefficient (Wildman–Crippen LogP) is 4.53. The molecule has 0 saturated carbocycles. The zero-order valence-corrected chi connectivity index (χ0v) is 19.9. The maximum atomic E-state index is 13.3. The number of nitrogens with zero attached hydrogens (tertiary/aromatic N) is 5. The molecule has 1 aromatic carbocycles. The molecule has 33 heavy (non-hydrogen) atoms. The van der Waals surface area contributed by atoms with Crippen LogP contribution in [0.4, 0.5) is 0 Å². The summed E-state index contributed by atoms with van der Waals surface area (Å²) in [6.07, 6.45) is 9.09. The molecular weight excluding hydrogens is 414 g/mol. The average Bonchev–Trinajstić information content (AvgIpc) is 2.82. The van der Waals surface area contributed by atoms with Crippen molar-refractivity contribution in [1.82, 2.24) is 19.4 Å². The van der Waals surface area contributed by atoms with Crippen molar-refractivity contribution in [3.05, 3.63) is 82.2 Å². The first-order chi connectivity index (χ1) is 15.9. The number of aliphatic imine (C=N–C) groups is 1. The minimum absolute atomic E-state index is 0.175. The molecule has 0 aliphatic heterocycles. The maximum Gasteiger partial charge on any atom is 0.277 e. The number of amidine groups is 1. The summed E-state index contributed by atoms with van der Waals surface area (Å²) in [4.78, 5) is 28.9. The molecular formula is C26H31N5O2. The Hall–Kier alpha value is -3.74. The summed E-state index contributed by atoms with van der Waals surface area (Å²) in [5.74, 6) is 1.70. The standard InChI is InChI=1S/C26H31N5O2/c1-6-9-25(30(3)4)28-17-19(2)11-13-22-26(32)31(18-20-10-7-8-15-27-20)24-14-12-21(33-5)16-23(24)29-22/h7-8,10-17H,6,9,18H2,1-5H3/b13-11+,19-17+,28-25+. The number of rotatable bonds is 8. The third-order valence-electron chi connectivity index (χ3n) is 5.14. The number of benzene rings is 1. The van der Waals surface area contributed by atoms with Crippen LogP contribution < -0.4 is 10.3 Å². The van der Waals surface area contributed by atoms with E-state index in [2.05, 4.69) is 21.9 Å². The van der Waals surface area contributed by atoms with Gasteiger partial charge in [-0.2, -0.15) is 0 Å². The van der Waals surface area contributed by atoms with E-state index in [0.29, 0.717) is 23.5 Å². The first-order valence-electron chi connectivity index (χ1n) is 11.0. The number of allylic oxidation sites excluding steroid dienone is 2. The van der Waals surface area contributed by atoms with Crippen LogP contribution in [0.2, 0.25) is 0 Å². The second-order valence-electron chi connectivity index (χ2n) is 7.96. The lowest BCUT2D eigenvalue weighted by Crippen LogP contribution is -2.25. The van der Waals surface area contributed by atoms with E-state index in [1.165, 1.54) is 0 Å². The second kappa shape index (κ2) is 11.2. The number of aromatic nitrogens is 3. The van der Waals surface area contributed by atoms with Crippen molar-refractivity contribution in [3.63, 3.8) is 0 Å². The molecule has 0 N–H and O–H groups in total. The molecule has 0 bridgehead atoms. The van der Waals surface area contributed by atoms with Gasteiger partial charge in [0.2, 0.25) is 0 Å². The molecule has 0 saturated heterocycles. The molecule has 0 spiro atoms. The molecule has 0 aliphatic carbocycles. The van der Waals surface area contributed by atoms with Gasteiger partial charge < -0.3 is 9.64 Å². The summed E-state index contributed by atoms with van der Waals surface area (Å²) in [7, 11) is 5.59. The van der Waals surface area contributed by atoms with Crippen molar-refractivity contribution < 1.29 is 4.74 Å². The van der Waals surface area contributed by atoms with Gasteiger partial charge >= 0.3 is 0 Å². The molecule has 0 fully saturated rings. The highest BCUT2D eigenvalue weighted by molar-refractivity contribution is 5.82. The first-order valence-corrected chi connectivity index (χ1v) is 11.0. The molecule has 2 heterocycles. The highest BCUT2D eigenvalue weighted by Crippen LogP contribution is 2.19. The van der Waals surface area contributed by atoms with E-state index in [1.54, 1.807) is 23.9 Å². The van der Waals surface area contributed by atoms with Gasteiger partial charge in [-0.25, -0.2) is 9.98 Å². The van der Waals surface area contributed by atoms with Gasteiger partial charge in [0.15, 0.2) is 0 Å². The second-order valence-corrected chi connectivity index (χ2v) is 7.96. The van der Waals surface area contributed by atoms with Crippen molar-refractivity contribution in [3.8, 4) is 5.75 Å². The van der Waals surface area contributed by atoms with Crippen LogP contribution in [0.1, 0.15) is 38.1 Å². The van der Waals surface area contributed by atoms with E-state index >= 15 is 0 Å². The molecule has 0 amide bonds. The molecule has 0 aliphatic rings. The number of hydrogen-bond donors (Lipinski definition) is 0. The summed E-state index contributed by atoms with van der Waals surface area (Å²) in [6, 6.07) is 11.2. The van der Waals surface area contributed by atoms with Crippen molar-refractivity contribution in [1.29, 1.82) is 0 Å². The number of hydrogen-bond acceptors (Lipinski definition) is 5. The van der Waals surface area contributed by atoms with Crippen LogP contribution in [-0.4, -0.2) is 46.5 Å². The summed E-state index contributed by atoms with van der Waals surface area (Å²) in [5.41, 5.74) is 3.32. The van der Waals surface area contributed by atoms with E-state index < -0.39 is 0 Å². The van der Waals surface area contributed by atoms with Gasteiger partial charge in [-0.3, -0.25) is 14.3 Å². The van der Waals surface area contributed by atoms with Crippen LogP contribution in [0.3, 0.4) is 0 Å². The third-order valence-corrected chi connectivity index (χ3v) is 5.14. The van der Waals surface area contributed by atoms with Gasteiger partial charge in [0.25, 0.3) is 5.56 Å². The van der Waals surface area contributed by atoms with E-state index in [1.807, 2.05) is 74.6 Å². The first kappa shape index (κ1) is 23.9. The number of ether oxygens (including phenoxy) is 1. The fourth-order valence-electron chi connectivity index (χ4n) is 3.35. The molecule has 0 radical (unpaired) electrons. The highest BCUT2D eigenvalue weighted by Gasteiger charge is 2.11. The Morgan fingerprint density at radius 1 is 1.24 bits per heavy atom. The zero-order chi connectivity index (χ0) is 23.8. The highest BCUT2D eigenvalue weighted by atomic mass is 16.5. The van der Waals surface area contributed by atoms with E-state index in [9.17, 15) is 4.79 Å². The molecule has 2 aromatic heterocycles. The van der Waals surface area contributed by atoms with E-state index in [4.69, 9.17) is 4.74 Å². The maximum absolute atomic E-state index is 13.3. The van der Waals surface area contributed by atoms with Crippen LogP contribution in [0.5, 0.6) is 5.75 Å². The van der Waals surface area contributed by atoms with Gasteiger partial charge in [-0.05, 0) is 49.3 Å². The van der Waals surface area contributed by atoms with Crippen molar-refractivity contribution in [2.24, 2.45) is 4.99 Å². The van der Waals surface area contributed by atoms with Crippen molar-refractivity contribution in [2.75, 3.05) is 21.2 Å². The summed E-state index contributed by atoms with van der Waals surface area (Å²) in [5, 5.41) is 0. The Labute approximate surface area is 194 Å². The minimum Gasteiger partial charge on any atom is -0.497 e. The van der Waals surface area contributed by atoms with Crippen LogP contribution in [0.25, 0.3) is 17.1 Å². The lowest BCUT2D eigenvalue weighted by molar-refractivity contribution is 0.415. The minimum atomic E-state index is -0.175. The van der Waals surface area contributed by atoms with Crippen LogP contribution in [0.15, 0.2) is 70.2 Å². The lowest BCUT2D eigenvalue weighted by Gasteiger charge is -2.14. The molecule has 172 valence electrons. The SMILES string of the molecule is CCC\C(=N/C=C(C)/C=C/c1nc2cc(OC)ccc2n(Cc2ccccn2)c1=O)N(C)C. The van der Waals surface area contributed by atoms with E-state index in [0.717, 1.165) is 35.5 Å². The third kappa shape index (κ3) is 6.16. The van der Waals surface area contributed by atoms with Gasteiger partial charge in [0.1, 0.15) is 17.3 Å². The average molecular weight is 446 g/mol. The van der Waals surface area contributed by atoms with Crippen LogP contribution >= 0.6 is 0 Å². The summed E-state index contributed by atoms with van der Waals surface area (Å²) < 4.78 is 7.06. The van der Waals surface area contributed by atoms with Gasteiger partial charge in [0, 0.05) is 39.0 Å². The Morgan fingerprint density at radius 3 is 2.73 bits per heavy atom. The molecule has 3 rings (SSSR count). The van der Waals surface area contributed by atoms with Crippen LogP contribution in [0, 0.1) is 0 Å². The Morgan fingerprint density at radius 2 is 2.06 bits per heavy atom. The predicted molar refractivity (Wildman–Crippen MR) is 135 cm³/mol. The van der Waals surface area contributed by atoms with Gasteiger partial charge in [-0.15, -0.1) is 0 Å². The lowest BCUT2D eigenvalue weighted by atomic mass is 10.2. The van der Waals surface area contributed by atoms with Gasteiger partial charge in [0.05, 0.1) is 30.4 Å². The monoisotopic (exact) mass is 445 g/mol. The molecule has 7 heteroatoms. The summed E-state index contributed by atoms with van der Waals surface area (Å²) >= 11 is 0. The fraction of sp³-hybridized carbons (Fsp3) is 0.308. The Kier molecular flexibility index (Phi) is 8.13. The molecule has 0 unspecified atom stereocenters. The fourth-order valence-corrected chi connectivity index (χ4v) is 3.35. The Balaban J connectivity index is 2.03. The summed E-state index contributed by atoms with van der Waals surface area (Å²) in [6.45, 7) is 4.44. The Bertz CT molecular complexity index is 1240. The zero-order valence-electron chi connectivity index (χ0n) is 19.9. The normalized spacial score (nSPS) is 12.5. The largest absolute Gasteiger partial charge is 0.497 e. The van der Waals surface area contributed by atoms with Crippen molar-refractivity contribution in [2.45, 2.75) is 33.2 Å². The van der Waals surface area contributed by atoms with Gasteiger partial charge in [-0.1, -0.05) is 19.1 Å². The number of methoxy groups -OCH3 is 1. The van der Waals surface area contributed by atoms with Crippen LogP contribution in [-0.2, 0) is 6.54 Å². The van der Waals surface area contributed by atoms with Crippen molar-refractivity contribution >= 4 is 22.9 Å². The quantitative estimate of drug-likeness (QED) is 0.289. The number of fused-ring (bicyclic) bond motifs is 1. The smallest absolute Gasteiger partial charge is 0.277 e. The van der Waals surface area contributed by atoms with E-state index in [-0.39, 0.29) is 5.56 Å². The topological polar surface area (TPSA) is 72.6 Å². The molecule has 7 nitrogen and oxygen atoms in total. The molecule has 3 aromatic rings. The molecule has 0 atom stereocenters.